The van der Waals surface area contributed by atoms with Crippen LogP contribution in [0.15, 0.2) is 42.5 Å². The summed E-state index contributed by atoms with van der Waals surface area (Å²) >= 11 is 6.20. The third kappa shape index (κ3) is 3.20. The van der Waals surface area contributed by atoms with E-state index in [1.54, 1.807) is 17.0 Å². The maximum atomic E-state index is 13.4. The average Bonchev–Trinajstić information content (AvgIpc) is 2.90. The van der Waals surface area contributed by atoms with Gasteiger partial charge in [0, 0.05) is 16.1 Å². The summed E-state index contributed by atoms with van der Waals surface area (Å²) in [5, 5.41) is 0.548. The SMILES string of the molecule is CCCOc1ccccc1CN1C(=O)C2(OCCCO2)c2cc(Cl)ccc21. The second-order valence-corrected chi connectivity index (χ2v) is 7.11. The predicted octanol–water partition coefficient (Wildman–Crippen LogP) is 4.27. The Morgan fingerprint density at radius 1 is 1.19 bits per heavy atom. The molecule has 1 amide bonds. The Labute approximate surface area is 163 Å². The number of carbonyl (C=O) groups excluding carboxylic acids is 1. The number of benzene rings is 2. The van der Waals surface area contributed by atoms with Crippen LogP contribution in [-0.4, -0.2) is 25.7 Å². The molecule has 142 valence electrons. The molecule has 2 aliphatic rings. The van der Waals surface area contributed by atoms with Gasteiger partial charge < -0.3 is 19.1 Å². The third-order valence-corrected chi connectivity index (χ3v) is 5.03. The van der Waals surface area contributed by atoms with E-state index in [4.69, 9.17) is 25.8 Å². The smallest absolute Gasteiger partial charge is 0.292 e. The van der Waals surface area contributed by atoms with Crippen LogP contribution < -0.4 is 9.64 Å². The Bertz CT molecular complexity index is 848. The molecule has 2 aromatic rings. The second kappa shape index (κ2) is 7.50. The molecule has 1 spiro atoms. The van der Waals surface area contributed by atoms with Gasteiger partial charge in [-0.05, 0) is 37.1 Å². The first kappa shape index (κ1) is 18.3. The van der Waals surface area contributed by atoms with Crippen molar-refractivity contribution in [1.82, 2.24) is 0 Å². The molecule has 2 aromatic carbocycles. The highest BCUT2D eigenvalue weighted by atomic mass is 35.5. The number of rotatable bonds is 5. The summed E-state index contributed by atoms with van der Waals surface area (Å²) in [5.74, 6) is -0.823. The number of hydrogen-bond donors (Lipinski definition) is 0. The van der Waals surface area contributed by atoms with Gasteiger partial charge in [0.2, 0.25) is 0 Å². The van der Waals surface area contributed by atoms with Crippen LogP contribution in [0, 0.1) is 0 Å². The lowest BCUT2D eigenvalue weighted by molar-refractivity contribution is -0.256. The molecule has 1 fully saturated rings. The molecule has 2 heterocycles. The van der Waals surface area contributed by atoms with Gasteiger partial charge in [0.15, 0.2) is 0 Å². The molecule has 0 radical (unpaired) electrons. The molecular weight excluding hydrogens is 366 g/mol. The molecule has 0 N–H and O–H groups in total. The zero-order valence-electron chi connectivity index (χ0n) is 15.2. The van der Waals surface area contributed by atoms with E-state index in [0.29, 0.717) is 37.0 Å². The third-order valence-electron chi connectivity index (χ3n) is 4.79. The fourth-order valence-electron chi connectivity index (χ4n) is 3.54. The lowest BCUT2D eigenvalue weighted by atomic mass is 10.1. The lowest BCUT2D eigenvalue weighted by Gasteiger charge is -2.32. The molecule has 0 aromatic heterocycles. The van der Waals surface area contributed by atoms with Crippen molar-refractivity contribution in [2.24, 2.45) is 0 Å². The summed E-state index contributed by atoms with van der Waals surface area (Å²) in [4.78, 5) is 15.1. The van der Waals surface area contributed by atoms with Crippen molar-refractivity contribution in [3.63, 3.8) is 0 Å². The average molecular weight is 388 g/mol. The van der Waals surface area contributed by atoms with Crippen molar-refractivity contribution in [2.75, 3.05) is 24.7 Å². The fraction of sp³-hybridized carbons (Fsp3) is 0.381. The maximum Gasteiger partial charge on any atom is 0.292 e. The Morgan fingerprint density at radius 2 is 1.96 bits per heavy atom. The molecule has 0 atom stereocenters. The largest absolute Gasteiger partial charge is 0.493 e. The maximum absolute atomic E-state index is 13.4. The molecule has 5 nitrogen and oxygen atoms in total. The number of para-hydroxylation sites is 1. The summed E-state index contributed by atoms with van der Waals surface area (Å²) in [5.41, 5.74) is 2.37. The number of halogens is 1. The highest BCUT2D eigenvalue weighted by molar-refractivity contribution is 6.31. The van der Waals surface area contributed by atoms with Crippen LogP contribution in [0.2, 0.25) is 5.02 Å². The number of amides is 1. The molecule has 0 saturated carbocycles. The number of hydrogen-bond acceptors (Lipinski definition) is 4. The number of carbonyl (C=O) groups is 1. The van der Waals surface area contributed by atoms with Crippen molar-refractivity contribution in [3.05, 3.63) is 58.6 Å². The van der Waals surface area contributed by atoms with Crippen LogP contribution in [0.25, 0.3) is 0 Å². The minimum Gasteiger partial charge on any atom is -0.493 e. The predicted molar refractivity (Wildman–Crippen MR) is 103 cm³/mol. The number of nitrogens with zero attached hydrogens (tertiary/aromatic N) is 1. The standard InChI is InChI=1S/C21H22ClNO4/c1-2-10-25-19-7-4-3-6-15(19)14-23-18-9-8-16(22)13-17(18)21(20(23)24)26-11-5-12-27-21/h3-4,6-9,13H,2,5,10-12,14H2,1H3. The van der Waals surface area contributed by atoms with Gasteiger partial charge in [-0.3, -0.25) is 4.79 Å². The van der Waals surface area contributed by atoms with E-state index in [2.05, 4.69) is 6.92 Å². The molecule has 4 rings (SSSR count). The van der Waals surface area contributed by atoms with Gasteiger partial charge in [0.1, 0.15) is 5.75 Å². The van der Waals surface area contributed by atoms with Gasteiger partial charge in [0.05, 0.1) is 32.1 Å². The molecule has 0 unspecified atom stereocenters. The van der Waals surface area contributed by atoms with Crippen molar-refractivity contribution in [3.8, 4) is 5.75 Å². The summed E-state index contributed by atoms with van der Waals surface area (Å²) < 4.78 is 17.6. The monoisotopic (exact) mass is 387 g/mol. The number of anilines is 1. The minimum atomic E-state index is -1.39. The molecule has 2 aliphatic heterocycles. The van der Waals surface area contributed by atoms with Crippen LogP contribution in [0.4, 0.5) is 5.69 Å². The summed E-state index contributed by atoms with van der Waals surface area (Å²) in [6.07, 6.45) is 1.68. The Morgan fingerprint density at radius 3 is 2.74 bits per heavy atom. The van der Waals surface area contributed by atoms with E-state index in [1.807, 2.05) is 30.3 Å². The molecular formula is C21H22ClNO4. The van der Waals surface area contributed by atoms with Crippen LogP contribution in [-0.2, 0) is 26.6 Å². The van der Waals surface area contributed by atoms with E-state index in [-0.39, 0.29) is 5.91 Å². The first-order valence-corrected chi connectivity index (χ1v) is 9.64. The second-order valence-electron chi connectivity index (χ2n) is 6.68. The van der Waals surface area contributed by atoms with Crippen molar-refractivity contribution < 1.29 is 19.0 Å². The normalized spacial score (nSPS) is 18.0. The topological polar surface area (TPSA) is 48.0 Å². The van der Waals surface area contributed by atoms with E-state index in [9.17, 15) is 4.79 Å². The quantitative estimate of drug-likeness (QED) is 0.768. The van der Waals surface area contributed by atoms with Crippen molar-refractivity contribution in [1.29, 1.82) is 0 Å². The first-order chi connectivity index (χ1) is 13.2. The summed E-state index contributed by atoms with van der Waals surface area (Å²) in [6, 6.07) is 13.2. The van der Waals surface area contributed by atoms with E-state index < -0.39 is 5.79 Å². The van der Waals surface area contributed by atoms with Gasteiger partial charge in [-0.2, -0.15) is 0 Å². The van der Waals surface area contributed by atoms with Gasteiger partial charge in [-0.25, -0.2) is 0 Å². The number of ether oxygens (including phenoxy) is 3. The highest BCUT2D eigenvalue weighted by Crippen LogP contribution is 2.47. The van der Waals surface area contributed by atoms with Gasteiger partial charge in [-0.1, -0.05) is 36.7 Å². The van der Waals surface area contributed by atoms with Gasteiger partial charge in [-0.15, -0.1) is 0 Å². The Balaban J connectivity index is 1.71. The van der Waals surface area contributed by atoms with Crippen LogP contribution >= 0.6 is 11.6 Å². The highest BCUT2D eigenvalue weighted by Gasteiger charge is 2.55. The van der Waals surface area contributed by atoms with Gasteiger partial charge >= 0.3 is 0 Å². The van der Waals surface area contributed by atoms with E-state index in [0.717, 1.165) is 29.8 Å². The van der Waals surface area contributed by atoms with Gasteiger partial charge in [0.25, 0.3) is 11.7 Å². The van der Waals surface area contributed by atoms with E-state index >= 15 is 0 Å². The molecule has 0 bridgehead atoms. The minimum absolute atomic E-state index is 0.218. The Kier molecular flexibility index (Phi) is 5.08. The molecule has 1 saturated heterocycles. The summed E-state index contributed by atoms with van der Waals surface area (Å²) in [7, 11) is 0. The molecule has 0 aliphatic carbocycles. The van der Waals surface area contributed by atoms with Crippen molar-refractivity contribution >= 4 is 23.2 Å². The first-order valence-electron chi connectivity index (χ1n) is 9.26. The van der Waals surface area contributed by atoms with E-state index in [1.165, 1.54) is 0 Å². The zero-order chi connectivity index (χ0) is 18.9. The summed E-state index contributed by atoms with van der Waals surface area (Å²) in [6.45, 7) is 4.02. The molecule has 6 heteroatoms. The van der Waals surface area contributed by atoms with Crippen LogP contribution in [0.1, 0.15) is 30.9 Å². The zero-order valence-corrected chi connectivity index (χ0v) is 16.0. The van der Waals surface area contributed by atoms with Crippen LogP contribution in [0.3, 0.4) is 0 Å². The molecule has 27 heavy (non-hydrogen) atoms. The Hall–Kier alpha value is -2.08. The van der Waals surface area contributed by atoms with Crippen molar-refractivity contribution in [2.45, 2.75) is 32.1 Å². The fourth-order valence-corrected chi connectivity index (χ4v) is 3.71. The van der Waals surface area contributed by atoms with Crippen LogP contribution in [0.5, 0.6) is 5.75 Å². The number of fused-ring (bicyclic) bond motifs is 2. The lowest BCUT2D eigenvalue weighted by Crippen LogP contribution is -2.47.